The molecule has 5 unspecified atom stereocenters. The van der Waals surface area contributed by atoms with Crippen LogP contribution in [0.2, 0.25) is 0 Å². The van der Waals surface area contributed by atoms with Crippen LogP contribution in [-0.4, -0.2) is 95.9 Å². The molecule has 0 aromatic heterocycles. The van der Waals surface area contributed by atoms with Gasteiger partial charge in [0.05, 0.1) is 26.4 Å². The Kier molecular flexibility index (Phi) is 81.9. The lowest BCUT2D eigenvalue weighted by atomic mass is 10.0. The third kappa shape index (κ3) is 87.3. The topological polar surface area (TPSA) is 231 Å². The fourth-order valence-corrected chi connectivity index (χ4v) is 13.1. The first-order valence-electron chi connectivity index (χ1n) is 44.1. The number of unbranched alkanes of at least 4 members (excludes halogenated alkanes) is 29. The number of carbonyl (C=O) groups excluding carboxylic acids is 3. The number of phosphoric acid groups is 2. The van der Waals surface area contributed by atoms with Gasteiger partial charge in [-0.3, -0.25) is 32.5 Å². The van der Waals surface area contributed by atoms with Gasteiger partial charge in [0.2, 0.25) is 0 Å². The van der Waals surface area contributed by atoms with Crippen LogP contribution in [-0.2, 0) is 55.8 Å². The van der Waals surface area contributed by atoms with Gasteiger partial charge in [-0.25, -0.2) is 9.13 Å². The summed E-state index contributed by atoms with van der Waals surface area (Å²) in [5, 5.41) is 20.7. The van der Waals surface area contributed by atoms with Crippen LogP contribution in [0.3, 0.4) is 0 Å². The average molecular weight is 1620 g/mol. The van der Waals surface area contributed by atoms with Gasteiger partial charge >= 0.3 is 33.6 Å². The quantitative estimate of drug-likeness (QED) is 0.0146. The number of aliphatic hydroxyl groups excluding tert-OH is 2. The van der Waals surface area contributed by atoms with E-state index >= 15 is 0 Å². The predicted molar refractivity (Wildman–Crippen MR) is 472 cm³/mol. The fourth-order valence-electron chi connectivity index (χ4n) is 11.5. The van der Waals surface area contributed by atoms with E-state index in [1.165, 1.54) is 89.9 Å². The number of carbonyl (C=O) groups is 3. The van der Waals surface area contributed by atoms with Crippen molar-refractivity contribution in [2.45, 2.75) is 360 Å². The molecule has 4 N–H and O–H groups in total. The minimum Gasteiger partial charge on any atom is -0.463 e. The van der Waals surface area contributed by atoms with Gasteiger partial charge in [-0.15, -0.1) is 0 Å². The molecule has 0 spiro atoms. The highest BCUT2D eigenvalue weighted by atomic mass is 31.2. The first-order chi connectivity index (χ1) is 55.2. The predicted octanol–water partition coefficient (Wildman–Crippen LogP) is 26.9. The SMILES string of the molecule is CC/C=C\C/C=C\C/C=C\C/C=C\C/C=C\C/C=C\CCCCCCCCCCCCCCCCC(=O)OCC(O)COP(=O)(O)OCC(O)COP(=O)(O)OCC(COC(=O)CCCCCCCCC/C=C\C/C=C\C/C=C\C/C=C\CCCCC)OC(=O)CCCCCCC/C=C\C/C=C\C/C=C\C/C=C\C/C=C\CC. The van der Waals surface area contributed by atoms with Crippen molar-refractivity contribution in [1.29, 1.82) is 0 Å². The summed E-state index contributed by atoms with van der Waals surface area (Å²) in [5.41, 5.74) is 0. The number of phosphoric ester groups is 2. The lowest BCUT2D eigenvalue weighted by Crippen LogP contribution is -2.30. The molecular weight excluding hydrogens is 1460 g/mol. The summed E-state index contributed by atoms with van der Waals surface area (Å²) in [4.78, 5) is 58.9. The molecule has 0 aromatic rings. The van der Waals surface area contributed by atoms with E-state index in [-0.39, 0.29) is 19.3 Å². The summed E-state index contributed by atoms with van der Waals surface area (Å²) >= 11 is 0. The summed E-state index contributed by atoms with van der Waals surface area (Å²) in [6.07, 6.45) is 112. The molecule has 0 aliphatic heterocycles. The zero-order valence-electron chi connectivity index (χ0n) is 70.7. The standard InChI is InChI=1S/C95H158O16P2/c1-4-7-10-13-16-19-22-25-28-31-34-37-39-40-41-42-43-44-45-46-47-48-50-53-54-57-60-63-66-69-72-75-78-81-93(98)105-84-90(96)85-107-112(101,102)108-86-91(97)87-109-113(103,104)110-89-92(111-95(100)83-80-77-74-71-68-65-62-59-56-51-36-33-30-27-24-21-18-15-12-9-6-3)88-106-94(99)82-79-76-73-70-67-64-61-58-55-52-49-38-35-32-29-26-23-20-17-14-11-8-5-2/h7,9-10,12,16-21,25-30,34-38,40-41,43-44,51-52,55,59,62,90-92,96-97H,4-6,8,11,13-15,22-24,31-33,39,42,45-50,53-54,56-58,60-61,63-89H2,1-3H3,(H,101,102)(H,103,104)/b10-7-,12-9-,19-16-,20-17-,21-18-,28-25-,29-26-,30-27-,37-34-,38-35-,41-40-,44-43-,51-36-,55-52-,62-59-. The van der Waals surface area contributed by atoms with E-state index in [2.05, 4.69) is 203 Å². The Morgan fingerprint density at radius 2 is 0.469 bits per heavy atom. The van der Waals surface area contributed by atoms with E-state index < -0.39 is 91.5 Å². The van der Waals surface area contributed by atoms with E-state index in [4.69, 9.17) is 32.3 Å². The summed E-state index contributed by atoms with van der Waals surface area (Å²) in [6.45, 7) is 2.41. The van der Waals surface area contributed by atoms with Crippen molar-refractivity contribution in [2.75, 3.05) is 39.6 Å². The van der Waals surface area contributed by atoms with Crippen LogP contribution in [0.15, 0.2) is 182 Å². The number of hydrogen-bond donors (Lipinski definition) is 4. The Balaban J connectivity index is 4.60. The average Bonchev–Trinajstić information content (AvgIpc) is 0.900. The molecule has 18 heteroatoms. The maximum atomic E-state index is 13.0. The molecule has 0 saturated heterocycles. The second-order valence-corrected chi connectivity index (χ2v) is 31.8. The van der Waals surface area contributed by atoms with Gasteiger partial charge in [-0.1, -0.05) is 344 Å². The number of aliphatic hydroxyl groups is 2. The van der Waals surface area contributed by atoms with Crippen molar-refractivity contribution < 1.29 is 75.8 Å². The number of rotatable bonds is 82. The fraction of sp³-hybridized carbons (Fsp3) is 0.653. The number of allylic oxidation sites excluding steroid dienone is 30. The molecule has 5 atom stereocenters. The van der Waals surface area contributed by atoms with Gasteiger partial charge in [0.25, 0.3) is 0 Å². The van der Waals surface area contributed by atoms with E-state index in [1.54, 1.807) is 0 Å². The third-order valence-corrected chi connectivity index (χ3v) is 20.0. The van der Waals surface area contributed by atoms with Crippen LogP contribution in [0.5, 0.6) is 0 Å². The molecule has 0 amide bonds. The summed E-state index contributed by atoms with van der Waals surface area (Å²) in [6, 6.07) is 0. The van der Waals surface area contributed by atoms with Gasteiger partial charge in [-0.05, 0) is 161 Å². The zero-order chi connectivity index (χ0) is 82.2. The first kappa shape index (κ1) is 108. The maximum absolute atomic E-state index is 13.0. The Bertz CT molecular complexity index is 2780. The Morgan fingerprint density at radius 1 is 0.257 bits per heavy atom. The van der Waals surface area contributed by atoms with Crippen LogP contribution >= 0.6 is 15.6 Å². The second-order valence-electron chi connectivity index (χ2n) is 28.9. The number of esters is 3. The highest BCUT2D eigenvalue weighted by Gasteiger charge is 2.29. The highest BCUT2D eigenvalue weighted by Crippen LogP contribution is 2.45. The Morgan fingerprint density at radius 3 is 0.743 bits per heavy atom. The normalized spacial score (nSPS) is 14.7. The van der Waals surface area contributed by atoms with Crippen LogP contribution in [0.4, 0.5) is 0 Å². The summed E-state index contributed by atoms with van der Waals surface area (Å²) in [5.74, 6) is -1.61. The highest BCUT2D eigenvalue weighted by molar-refractivity contribution is 7.47. The van der Waals surface area contributed by atoms with Crippen LogP contribution < -0.4 is 0 Å². The third-order valence-electron chi connectivity index (χ3n) is 18.1. The van der Waals surface area contributed by atoms with E-state index in [1.807, 2.05) is 0 Å². The molecular formula is C95H158O16P2. The molecule has 0 aliphatic rings. The molecule has 0 radical (unpaired) electrons. The van der Waals surface area contributed by atoms with Crippen molar-refractivity contribution in [3.05, 3.63) is 182 Å². The smallest absolute Gasteiger partial charge is 0.463 e. The molecule has 0 bridgehead atoms. The molecule has 644 valence electrons. The largest absolute Gasteiger partial charge is 0.472 e. The molecule has 16 nitrogen and oxygen atoms in total. The summed E-state index contributed by atoms with van der Waals surface area (Å²) < 4.78 is 61.4. The molecule has 0 heterocycles. The van der Waals surface area contributed by atoms with Gasteiger partial charge in [0.15, 0.2) is 6.10 Å². The second kappa shape index (κ2) is 86.0. The number of ether oxygens (including phenoxy) is 3. The van der Waals surface area contributed by atoms with Crippen molar-refractivity contribution in [1.82, 2.24) is 0 Å². The molecule has 0 aromatic carbocycles. The van der Waals surface area contributed by atoms with Gasteiger partial charge in [-0.2, -0.15) is 0 Å². The minimum absolute atomic E-state index is 0.0741. The van der Waals surface area contributed by atoms with Crippen molar-refractivity contribution in [3.63, 3.8) is 0 Å². The van der Waals surface area contributed by atoms with E-state index in [9.17, 15) is 43.5 Å². The minimum atomic E-state index is -4.95. The van der Waals surface area contributed by atoms with Crippen molar-refractivity contribution >= 4 is 33.6 Å². The summed E-state index contributed by atoms with van der Waals surface area (Å²) in [7, 11) is -9.82. The van der Waals surface area contributed by atoms with E-state index in [0.717, 1.165) is 193 Å². The zero-order valence-corrected chi connectivity index (χ0v) is 72.5. The lowest BCUT2D eigenvalue weighted by Gasteiger charge is -2.21. The lowest BCUT2D eigenvalue weighted by molar-refractivity contribution is -0.161. The van der Waals surface area contributed by atoms with Gasteiger partial charge in [0, 0.05) is 19.3 Å². The molecule has 0 saturated carbocycles. The monoisotopic (exact) mass is 1620 g/mol. The molecule has 0 rings (SSSR count). The Hall–Kier alpha value is -5.35. The molecule has 113 heavy (non-hydrogen) atoms. The molecule has 0 fully saturated rings. The van der Waals surface area contributed by atoms with Gasteiger partial charge in [0.1, 0.15) is 25.4 Å². The Labute approximate surface area is 687 Å². The van der Waals surface area contributed by atoms with Crippen LogP contribution in [0.1, 0.15) is 342 Å². The van der Waals surface area contributed by atoms with Crippen LogP contribution in [0, 0.1) is 0 Å². The molecule has 0 aliphatic carbocycles. The van der Waals surface area contributed by atoms with Crippen molar-refractivity contribution in [2.24, 2.45) is 0 Å². The van der Waals surface area contributed by atoms with Crippen molar-refractivity contribution in [3.8, 4) is 0 Å². The van der Waals surface area contributed by atoms with Crippen LogP contribution in [0.25, 0.3) is 0 Å². The first-order valence-corrected chi connectivity index (χ1v) is 47.1. The van der Waals surface area contributed by atoms with Gasteiger partial charge < -0.3 is 34.2 Å². The number of hydrogen-bond acceptors (Lipinski definition) is 14. The maximum Gasteiger partial charge on any atom is 0.472 e. The van der Waals surface area contributed by atoms with E-state index in [0.29, 0.717) is 19.3 Å².